The Kier molecular flexibility index (Phi) is 4.43. The zero-order valence-electron chi connectivity index (χ0n) is 9.78. The average Bonchev–Trinajstić information content (AvgIpc) is 2.39. The van der Waals surface area contributed by atoms with Gasteiger partial charge < -0.3 is 19.9 Å². The maximum atomic E-state index is 10.5. The van der Waals surface area contributed by atoms with Crippen molar-refractivity contribution in [1.82, 2.24) is 9.97 Å². The van der Waals surface area contributed by atoms with Crippen LogP contribution >= 0.6 is 0 Å². The lowest BCUT2D eigenvalue weighted by atomic mass is 10.1. The highest BCUT2D eigenvalue weighted by atomic mass is 16.5. The van der Waals surface area contributed by atoms with Crippen molar-refractivity contribution in [2.24, 2.45) is 0 Å². The Labute approximate surface area is 104 Å². The van der Waals surface area contributed by atoms with Gasteiger partial charge in [0.2, 0.25) is 0 Å². The number of nitrogens with one attached hydrogen (secondary N) is 1. The third-order valence-corrected chi connectivity index (χ3v) is 2.61. The van der Waals surface area contributed by atoms with Crippen LogP contribution in [0.3, 0.4) is 0 Å². The maximum Gasteiger partial charge on any atom is 0.329 e. The summed E-state index contributed by atoms with van der Waals surface area (Å²) in [7, 11) is 0. The lowest BCUT2D eigenvalue weighted by molar-refractivity contribution is -0.146. The van der Waals surface area contributed by atoms with Crippen LogP contribution in [0.1, 0.15) is 6.42 Å². The summed E-state index contributed by atoms with van der Waals surface area (Å²) in [5.74, 6) is -0.350. The van der Waals surface area contributed by atoms with Crippen LogP contribution in [0.15, 0.2) is 18.6 Å². The third-order valence-electron chi connectivity index (χ3n) is 2.61. The minimum Gasteiger partial charge on any atom is -0.480 e. The van der Waals surface area contributed by atoms with Gasteiger partial charge in [0.1, 0.15) is 12.4 Å². The number of rotatable bonds is 5. The monoisotopic (exact) mass is 253 g/mol. The van der Waals surface area contributed by atoms with Crippen molar-refractivity contribution in [3.05, 3.63) is 18.6 Å². The van der Waals surface area contributed by atoms with Crippen molar-refractivity contribution in [2.45, 2.75) is 18.6 Å². The van der Waals surface area contributed by atoms with Gasteiger partial charge in [-0.1, -0.05) is 0 Å². The summed E-state index contributed by atoms with van der Waals surface area (Å²) in [5, 5.41) is 11.8. The van der Waals surface area contributed by atoms with Crippen molar-refractivity contribution < 1.29 is 19.4 Å². The van der Waals surface area contributed by atoms with Crippen molar-refractivity contribution >= 4 is 11.8 Å². The fourth-order valence-electron chi connectivity index (χ4n) is 1.79. The van der Waals surface area contributed by atoms with E-state index in [1.54, 1.807) is 18.6 Å². The Hall–Kier alpha value is -1.73. The van der Waals surface area contributed by atoms with Crippen molar-refractivity contribution in [1.29, 1.82) is 0 Å². The first-order chi connectivity index (χ1) is 8.75. The van der Waals surface area contributed by atoms with Crippen LogP contribution in [-0.4, -0.2) is 53.0 Å². The molecule has 0 radical (unpaired) electrons. The van der Waals surface area contributed by atoms with E-state index in [-0.39, 0.29) is 18.8 Å². The highest BCUT2D eigenvalue weighted by Crippen LogP contribution is 2.15. The molecule has 0 unspecified atom stereocenters. The van der Waals surface area contributed by atoms with Gasteiger partial charge in [0.15, 0.2) is 0 Å². The molecule has 1 aromatic heterocycles. The number of anilines is 1. The van der Waals surface area contributed by atoms with Gasteiger partial charge in [-0.05, 0) is 6.42 Å². The highest BCUT2D eigenvalue weighted by Gasteiger charge is 2.27. The van der Waals surface area contributed by atoms with Crippen LogP contribution in [0, 0.1) is 0 Å². The smallest absolute Gasteiger partial charge is 0.329 e. The third kappa shape index (κ3) is 3.64. The van der Waals surface area contributed by atoms with Crippen LogP contribution in [0.2, 0.25) is 0 Å². The summed E-state index contributed by atoms with van der Waals surface area (Å²) in [6.45, 7) is 0.729. The first-order valence-electron chi connectivity index (χ1n) is 5.69. The molecule has 0 spiro atoms. The predicted molar refractivity (Wildman–Crippen MR) is 62.3 cm³/mol. The van der Waals surface area contributed by atoms with Gasteiger partial charge in [-0.25, -0.2) is 9.78 Å². The van der Waals surface area contributed by atoms with Crippen LogP contribution in [0.5, 0.6) is 0 Å². The second-order valence-corrected chi connectivity index (χ2v) is 3.95. The highest BCUT2D eigenvalue weighted by molar-refractivity contribution is 5.68. The van der Waals surface area contributed by atoms with E-state index in [2.05, 4.69) is 15.3 Å². The van der Waals surface area contributed by atoms with E-state index in [1.165, 1.54) is 0 Å². The van der Waals surface area contributed by atoms with Gasteiger partial charge in [-0.15, -0.1) is 0 Å². The molecule has 7 heteroatoms. The molecule has 2 N–H and O–H groups in total. The molecule has 2 heterocycles. The van der Waals surface area contributed by atoms with E-state index >= 15 is 0 Å². The summed E-state index contributed by atoms with van der Waals surface area (Å²) in [6, 6.07) is -0.116. The van der Waals surface area contributed by atoms with E-state index in [0.717, 1.165) is 0 Å². The number of carboxylic acid groups (broad SMARTS) is 1. The van der Waals surface area contributed by atoms with E-state index < -0.39 is 5.97 Å². The summed E-state index contributed by atoms with van der Waals surface area (Å²) in [4.78, 5) is 18.6. The lowest BCUT2D eigenvalue weighted by Gasteiger charge is -2.31. The summed E-state index contributed by atoms with van der Waals surface area (Å²) in [5.41, 5.74) is 0. The second-order valence-electron chi connectivity index (χ2n) is 3.95. The quantitative estimate of drug-likeness (QED) is 0.771. The van der Waals surface area contributed by atoms with Crippen molar-refractivity contribution in [3.63, 3.8) is 0 Å². The van der Waals surface area contributed by atoms with Gasteiger partial charge >= 0.3 is 5.97 Å². The molecule has 0 aromatic carbocycles. The zero-order valence-corrected chi connectivity index (χ0v) is 9.78. The summed E-state index contributed by atoms with van der Waals surface area (Å²) >= 11 is 0. The Balaban J connectivity index is 1.93. The Morgan fingerprint density at radius 1 is 1.61 bits per heavy atom. The molecule has 1 saturated heterocycles. The Morgan fingerprint density at radius 3 is 3.22 bits per heavy atom. The summed E-state index contributed by atoms with van der Waals surface area (Å²) in [6.07, 6.45) is 5.23. The molecule has 98 valence electrons. The molecule has 0 amide bonds. The first kappa shape index (κ1) is 12.7. The first-order valence-corrected chi connectivity index (χ1v) is 5.69. The lowest BCUT2D eigenvalue weighted by Crippen LogP contribution is -2.44. The normalized spacial score (nSPS) is 23.6. The molecule has 18 heavy (non-hydrogen) atoms. The maximum absolute atomic E-state index is 10.5. The molecule has 2 rings (SSSR count). The van der Waals surface area contributed by atoms with Crippen molar-refractivity contribution in [3.8, 4) is 0 Å². The fraction of sp³-hybridized carbons (Fsp3) is 0.545. The number of carboxylic acids is 1. The molecule has 7 nitrogen and oxygen atoms in total. The molecule has 1 fully saturated rings. The van der Waals surface area contributed by atoms with Crippen LogP contribution in [-0.2, 0) is 14.3 Å². The van der Waals surface area contributed by atoms with E-state index in [9.17, 15) is 4.79 Å². The van der Waals surface area contributed by atoms with E-state index in [1.807, 2.05) is 0 Å². The number of nitrogens with zero attached hydrogens (tertiary/aromatic N) is 2. The number of hydrogen-bond donors (Lipinski definition) is 2. The molecule has 2 atom stereocenters. The van der Waals surface area contributed by atoms with Crippen LogP contribution in [0.4, 0.5) is 5.82 Å². The van der Waals surface area contributed by atoms with Gasteiger partial charge in [-0.2, -0.15) is 0 Å². The van der Waals surface area contributed by atoms with Gasteiger partial charge in [-0.3, -0.25) is 4.98 Å². The molecule has 1 aliphatic rings. The number of carbonyl (C=O) groups is 1. The second kappa shape index (κ2) is 6.27. The van der Waals surface area contributed by atoms with Crippen LogP contribution < -0.4 is 5.32 Å². The van der Waals surface area contributed by atoms with Crippen molar-refractivity contribution in [2.75, 3.05) is 25.1 Å². The number of ether oxygens (including phenoxy) is 2. The fourth-order valence-corrected chi connectivity index (χ4v) is 1.79. The Bertz CT molecular complexity index is 387. The Morgan fingerprint density at radius 2 is 2.50 bits per heavy atom. The molecular weight excluding hydrogens is 238 g/mol. The largest absolute Gasteiger partial charge is 0.480 e. The van der Waals surface area contributed by atoms with Gasteiger partial charge in [0.25, 0.3) is 0 Å². The number of aliphatic carboxylic acids is 1. The standard InChI is InChI=1S/C11H15N3O4/c15-11(16)7-18-9-1-4-17-6-8(9)14-10-5-12-2-3-13-10/h2-3,5,8-9H,1,4,6-7H2,(H,13,14)(H,15,16)/t8-,9+/m1/s1. The predicted octanol–water partition coefficient (Wildman–Crippen LogP) is 0.147. The molecular formula is C11H15N3O4. The summed E-state index contributed by atoms with van der Waals surface area (Å²) < 4.78 is 10.7. The molecule has 0 saturated carbocycles. The number of aromatic nitrogens is 2. The topological polar surface area (TPSA) is 93.6 Å². The zero-order chi connectivity index (χ0) is 12.8. The number of hydrogen-bond acceptors (Lipinski definition) is 6. The van der Waals surface area contributed by atoms with Gasteiger partial charge in [0, 0.05) is 19.0 Å². The molecule has 0 aliphatic carbocycles. The SMILES string of the molecule is O=C(O)CO[C@H]1CCOC[C@H]1Nc1cnccn1. The molecule has 0 bridgehead atoms. The van der Waals surface area contributed by atoms with Crippen LogP contribution in [0.25, 0.3) is 0 Å². The minimum absolute atomic E-state index is 0.116. The van der Waals surface area contributed by atoms with E-state index in [4.69, 9.17) is 14.6 Å². The molecule has 1 aliphatic heterocycles. The van der Waals surface area contributed by atoms with E-state index in [0.29, 0.717) is 25.5 Å². The molecule has 1 aromatic rings. The average molecular weight is 253 g/mol. The van der Waals surface area contributed by atoms with Gasteiger partial charge in [0.05, 0.1) is 24.9 Å². The minimum atomic E-state index is -0.972.